The van der Waals surface area contributed by atoms with E-state index in [2.05, 4.69) is 0 Å². The van der Waals surface area contributed by atoms with Crippen LogP contribution >= 0.6 is 0 Å². The van der Waals surface area contributed by atoms with E-state index in [9.17, 15) is 9.59 Å². The van der Waals surface area contributed by atoms with Gasteiger partial charge in [-0.25, -0.2) is 9.59 Å². The zero-order chi connectivity index (χ0) is 16.2. The normalized spacial score (nSPS) is 15.1. The Morgan fingerprint density at radius 2 is 1.19 bits per heavy atom. The molecule has 0 radical (unpaired) electrons. The highest BCUT2D eigenvalue weighted by atomic mass is 16.5. The van der Waals surface area contributed by atoms with E-state index >= 15 is 0 Å². The molecular formula is C17H24O4. The molecule has 1 aliphatic carbocycles. The van der Waals surface area contributed by atoms with E-state index in [1.807, 2.05) is 53.7 Å². The van der Waals surface area contributed by atoms with Crippen LogP contribution in [0.5, 0.6) is 0 Å². The summed E-state index contributed by atoms with van der Waals surface area (Å²) in [6.07, 6.45) is 3.64. The third-order valence-corrected chi connectivity index (χ3v) is 3.26. The number of esters is 2. The maximum Gasteiger partial charge on any atom is 0.335 e. The van der Waals surface area contributed by atoms with Crippen LogP contribution in [0.15, 0.2) is 34.4 Å². The number of rotatable bonds is 6. The van der Waals surface area contributed by atoms with E-state index in [1.165, 1.54) is 0 Å². The van der Waals surface area contributed by atoms with Crippen molar-refractivity contribution < 1.29 is 19.1 Å². The third-order valence-electron chi connectivity index (χ3n) is 3.26. The molecule has 0 fully saturated rings. The first-order valence-corrected chi connectivity index (χ1v) is 7.04. The summed E-state index contributed by atoms with van der Waals surface area (Å²) >= 11 is 0. The quantitative estimate of drug-likeness (QED) is 0.556. The van der Waals surface area contributed by atoms with Crippen LogP contribution in [0, 0.1) is 5.41 Å². The minimum atomic E-state index is -0.551. The minimum Gasteiger partial charge on any atom is -0.458 e. The molecule has 0 N–H and O–H groups in total. The van der Waals surface area contributed by atoms with Crippen LogP contribution in [-0.4, -0.2) is 25.2 Å². The lowest BCUT2D eigenvalue weighted by molar-refractivity contribution is -0.139. The molecule has 1 aliphatic rings. The number of hydrogen-bond donors (Lipinski definition) is 0. The number of hydrogen-bond acceptors (Lipinski definition) is 4. The Morgan fingerprint density at radius 1 is 0.857 bits per heavy atom. The summed E-state index contributed by atoms with van der Waals surface area (Å²) in [5.74, 6) is -0.877. The summed E-state index contributed by atoms with van der Waals surface area (Å²) in [4.78, 5) is 23.9. The first-order chi connectivity index (χ1) is 9.67. The van der Waals surface area contributed by atoms with Crippen molar-refractivity contribution in [3.8, 4) is 0 Å². The molecule has 0 spiro atoms. The second kappa shape index (κ2) is 6.74. The van der Waals surface area contributed by atoms with Crippen molar-refractivity contribution in [2.45, 2.75) is 41.5 Å². The fourth-order valence-electron chi connectivity index (χ4n) is 1.90. The van der Waals surface area contributed by atoms with Crippen LogP contribution in [0.4, 0.5) is 0 Å². The lowest BCUT2D eigenvalue weighted by atomic mass is 10.0. The van der Waals surface area contributed by atoms with Crippen molar-refractivity contribution in [3.05, 3.63) is 34.4 Å². The molecule has 0 aromatic heterocycles. The molecule has 0 saturated heterocycles. The largest absolute Gasteiger partial charge is 0.458 e. The maximum atomic E-state index is 12.0. The molecule has 0 saturated carbocycles. The second-order valence-corrected chi connectivity index (χ2v) is 6.13. The van der Waals surface area contributed by atoms with Crippen LogP contribution in [0.1, 0.15) is 41.5 Å². The van der Waals surface area contributed by atoms with Crippen LogP contribution in [-0.2, 0) is 19.1 Å². The van der Waals surface area contributed by atoms with Gasteiger partial charge in [-0.15, -0.1) is 0 Å². The van der Waals surface area contributed by atoms with Crippen molar-refractivity contribution in [2.24, 2.45) is 5.41 Å². The van der Waals surface area contributed by atoms with E-state index in [0.717, 1.165) is 11.1 Å². The zero-order valence-corrected chi connectivity index (χ0v) is 13.7. The smallest absolute Gasteiger partial charge is 0.335 e. The van der Waals surface area contributed by atoms with Gasteiger partial charge >= 0.3 is 11.9 Å². The van der Waals surface area contributed by atoms with Crippen molar-refractivity contribution in [3.63, 3.8) is 0 Å². The molecule has 0 atom stereocenters. The topological polar surface area (TPSA) is 52.6 Å². The molecule has 4 heteroatoms. The van der Waals surface area contributed by atoms with Gasteiger partial charge in [0.05, 0.1) is 11.1 Å². The molecule has 21 heavy (non-hydrogen) atoms. The fraction of sp³-hybridized carbons (Fsp3) is 0.529. The monoisotopic (exact) mass is 292 g/mol. The van der Waals surface area contributed by atoms with Gasteiger partial charge in [-0.2, -0.15) is 0 Å². The van der Waals surface area contributed by atoms with Gasteiger partial charge < -0.3 is 9.47 Å². The third kappa shape index (κ3) is 4.59. The number of ether oxygens (including phenoxy) is 2. The molecule has 0 heterocycles. The molecule has 0 aromatic carbocycles. The summed E-state index contributed by atoms with van der Waals surface area (Å²) in [5.41, 5.74) is 2.45. The molecule has 0 aromatic rings. The second-order valence-electron chi connectivity index (χ2n) is 6.13. The van der Waals surface area contributed by atoms with Gasteiger partial charge in [0.1, 0.15) is 13.2 Å². The van der Waals surface area contributed by atoms with Crippen molar-refractivity contribution in [1.29, 1.82) is 0 Å². The predicted octanol–water partition coefficient (Wildman–Crippen LogP) is 3.34. The molecule has 0 amide bonds. The van der Waals surface area contributed by atoms with Gasteiger partial charge in [-0.05, 0) is 39.8 Å². The lowest BCUT2D eigenvalue weighted by Gasteiger charge is -2.05. The summed E-state index contributed by atoms with van der Waals surface area (Å²) in [5, 5.41) is 0. The van der Waals surface area contributed by atoms with Crippen LogP contribution in [0.3, 0.4) is 0 Å². The fourth-order valence-corrected chi connectivity index (χ4v) is 1.90. The number of carbonyl (C=O) groups excluding carboxylic acids is 2. The van der Waals surface area contributed by atoms with Crippen molar-refractivity contribution >= 4 is 11.9 Å². The SMILES string of the molecule is CC(C)=CCOC(=O)C1=C(C(=O)OCC=C(C)C)C1(C)C. The summed E-state index contributed by atoms with van der Waals surface area (Å²) < 4.78 is 10.3. The summed E-state index contributed by atoms with van der Waals surface area (Å²) in [6.45, 7) is 11.8. The molecule has 1 rings (SSSR count). The first kappa shape index (κ1) is 17.2. The Morgan fingerprint density at radius 3 is 1.48 bits per heavy atom. The number of carbonyl (C=O) groups is 2. The summed E-state index contributed by atoms with van der Waals surface area (Å²) in [7, 11) is 0. The van der Waals surface area contributed by atoms with E-state index in [4.69, 9.17) is 9.47 Å². The summed E-state index contributed by atoms with van der Waals surface area (Å²) in [6, 6.07) is 0. The Labute approximate surface area is 126 Å². The van der Waals surface area contributed by atoms with Crippen LogP contribution in [0.25, 0.3) is 0 Å². The molecule has 4 nitrogen and oxygen atoms in total. The zero-order valence-electron chi connectivity index (χ0n) is 13.7. The average molecular weight is 292 g/mol. The van der Waals surface area contributed by atoms with Crippen LogP contribution in [0.2, 0.25) is 0 Å². The molecule has 0 bridgehead atoms. The van der Waals surface area contributed by atoms with Gasteiger partial charge in [-0.3, -0.25) is 0 Å². The Balaban J connectivity index is 2.65. The van der Waals surface area contributed by atoms with Crippen molar-refractivity contribution in [2.75, 3.05) is 13.2 Å². The van der Waals surface area contributed by atoms with Gasteiger partial charge in [-0.1, -0.05) is 25.0 Å². The molecule has 0 unspecified atom stereocenters. The Kier molecular flexibility index (Phi) is 5.53. The molecular weight excluding hydrogens is 268 g/mol. The first-order valence-electron chi connectivity index (χ1n) is 7.04. The van der Waals surface area contributed by atoms with E-state index in [-0.39, 0.29) is 13.2 Å². The van der Waals surface area contributed by atoms with E-state index in [0.29, 0.717) is 11.1 Å². The van der Waals surface area contributed by atoms with Gasteiger partial charge in [0.25, 0.3) is 0 Å². The minimum absolute atomic E-state index is 0.223. The van der Waals surface area contributed by atoms with Crippen molar-refractivity contribution in [1.82, 2.24) is 0 Å². The number of allylic oxidation sites excluding steroid dienone is 2. The molecule has 0 aliphatic heterocycles. The van der Waals surface area contributed by atoms with E-state index < -0.39 is 17.4 Å². The highest BCUT2D eigenvalue weighted by Gasteiger charge is 2.54. The lowest BCUT2D eigenvalue weighted by Crippen LogP contribution is -2.09. The van der Waals surface area contributed by atoms with Gasteiger partial charge in [0.2, 0.25) is 0 Å². The van der Waals surface area contributed by atoms with Crippen LogP contribution < -0.4 is 0 Å². The Bertz CT molecular complexity index is 479. The highest BCUT2D eigenvalue weighted by molar-refractivity contribution is 6.11. The van der Waals surface area contributed by atoms with E-state index in [1.54, 1.807) is 0 Å². The standard InChI is InChI=1S/C17H24O4/c1-11(2)7-9-20-15(18)13-14(17(13,5)6)16(19)21-10-8-12(3)4/h7-8H,9-10H2,1-6H3. The van der Waals surface area contributed by atoms with Gasteiger partial charge in [0.15, 0.2) is 0 Å². The van der Waals surface area contributed by atoms with Gasteiger partial charge in [0, 0.05) is 5.41 Å². The molecule has 116 valence electrons. The average Bonchev–Trinajstić information content (AvgIpc) is 2.91. The maximum absolute atomic E-state index is 12.0. The Hall–Kier alpha value is -1.84. The predicted molar refractivity (Wildman–Crippen MR) is 81.6 cm³/mol. The highest BCUT2D eigenvalue weighted by Crippen LogP contribution is 2.53.